The fourth-order valence-corrected chi connectivity index (χ4v) is 5.27. The third-order valence-corrected chi connectivity index (χ3v) is 6.95. The quantitative estimate of drug-likeness (QED) is 0.455. The monoisotopic (exact) mass is 445 g/mol. The summed E-state index contributed by atoms with van der Waals surface area (Å²) in [4.78, 5) is 51.9. The number of piperidine rings is 1. The van der Waals surface area contributed by atoms with E-state index in [1.165, 1.54) is 29.2 Å². The van der Waals surface area contributed by atoms with Crippen LogP contribution in [0.15, 0.2) is 24.3 Å². The van der Waals surface area contributed by atoms with Gasteiger partial charge in [-0.3, -0.25) is 19.2 Å². The first-order valence-electron chi connectivity index (χ1n) is 11.0. The van der Waals surface area contributed by atoms with E-state index in [1.54, 1.807) is 0 Å². The predicted octanol–water partition coefficient (Wildman–Crippen LogP) is -0.299. The Kier molecular flexibility index (Phi) is 6.14. The van der Waals surface area contributed by atoms with E-state index in [9.17, 15) is 23.6 Å². The molecule has 3 aliphatic rings. The number of rotatable bonds is 7. The lowest BCUT2D eigenvalue weighted by Gasteiger charge is -2.36. The molecule has 4 amide bonds. The van der Waals surface area contributed by atoms with Crippen LogP contribution in [-0.4, -0.2) is 53.2 Å². The van der Waals surface area contributed by atoms with Gasteiger partial charge in [0.05, 0.1) is 0 Å². The Morgan fingerprint density at radius 2 is 1.91 bits per heavy atom. The largest absolute Gasteiger partial charge is 0.368 e. The second kappa shape index (κ2) is 8.85. The van der Waals surface area contributed by atoms with E-state index in [4.69, 9.17) is 11.5 Å². The maximum atomic E-state index is 13.3. The van der Waals surface area contributed by atoms with Gasteiger partial charge < -0.3 is 27.0 Å². The van der Waals surface area contributed by atoms with Crippen molar-refractivity contribution in [3.8, 4) is 0 Å². The summed E-state index contributed by atoms with van der Waals surface area (Å²) in [6, 6.07) is 2.49. The third-order valence-electron chi connectivity index (χ3n) is 6.95. The Morgan fingerprint density at radius 1 is 1.19 bits per heavy atom. The maximum absolute atomic E-state index is 13.3. The number of amides is 4. The number of likely N-dealkylation sites (tertiary alicyclic amines) is 1. The molecule has 1 aromatic rings. The van der Waals surface area contributed by atoms with Crippen molar-refractivity contribution in [2.24, 2.45) is 23.3 Å². The molecule has 0 aromatic heterocycles. The standard InChI is InChI=1S/C22H28FN5O4/c23-14-4-1-11(2-5-14)17(24)22(32)28-15-6-3-12(9-15)18(28)21(31)27-16(19(25)29)10-13-7-8-26-20(13)30/h1-2,4-5,12-13,15-18H,3,6-10,24H2,(H2,25,29)(H,26,30)(H,27,31)/t12-,13-,15+,16-,17-,18-/m0/s1. The number of nitrogens with two attached hydrogens (primary N) is 2. The van der Waals surface area contributed by atoms with E-state index < -0.39 is 47.6 Å². The smallest absolute Gasteiger partial charge is 0.245 e. The molecular weight excluding hydrogens is 417 g/mol. The molecule has 2 saturated heterocycles. The van der Waals surface area contributed by atoms with Gasteiger partial charge in [-0.25, -0.2) is 4.39 Å². The van der Waals surface area contributed by atoms with Crippen LogP contribution in [0.2, 0.25) is 0 Å². The lowest BCUT2D eigenvalue weighted by molar-refractivity contribution is -0.144. The van der Waals surface area contributed by atoms with E-state index >= 15 is 0 Å². The first kappa shape index (κ1) is 22.2. The normalized spacial score (nSPS) is 28.3. The zero-order chi connectivity index (χ0) is 23.0. The van der Waals surface area contributed by atoms with E-state index in [2.05, 4.69) is 10.6 Å². The number of nitrogens with one attached hydrogen (secondary N) is 2. The Labute approximate surface area is 185 Å². The van der Waals surface area contributed by atoms with Crippen LogP contribution in [0.5, 0.6) is 0 Å². The molecule has 1 aliphatic carbocycles. The van der Waals surface area contributed by atoms with Gasteiger partial charge in [0.15, 0.2) is 0 Å². The number of primary amides is 1. The molecule has 9 nitrogen and oxygen atoms in total. The van der Waals surface area contributed by atoms with Crippen LogP contribution in [0.4, 0.5) is 4.39 Å². The number of carbonyl (C=O) groups is 4. The Bertz CT molecular complexity index is 923. The van der Waals surface area contributed by atoms with Gasteiger partial charge in [-0.1, -0.05) is 12.1 Å². The number of nitrogens with zero attached hydrogens (tertiary/aromatic N) is 1. The van der Waals surface area contributed by atoms with Gasteiger partial charge in [-0.05, 0) is 55.7 Å². The van der Waals surface area contributed by atoms with Gasteiger partial charge >= 0.3 is 0 Å². The minimum absolute atomic E-state index is 0.0346. The fraction of sp³-hybridized carbons (Fsp3) is 0.545. The highest BCUT2D eigenvalue weighted by Gasteiger charge is 2.52. The summed E-state index contributed by atoms with van der Waals surface area (Å²) in [7, 11) is 0. The Balaban J connectivity index is 1.49. The average molecular weight is 445 g/mol. The van der Waals surface area contributed by atoms with Gasteiger partial charge in [-0.15, -0.1) is 0 Å². The summed E-state index contributed by atoms with van der Waals surface area (Å²) in [5.41, 5.74) is 12.1. The van der Waals surface area contributed by atoms with Gasteiger partial charge in [-0.2, -0.15) is 0 Å². The minimum atomic E-state index is -1.03. The lowest BCUT2D eigenvalue weighted by atomic mass is 9.94. The molecule has 1 aromatic carbocycles. The van der Waals surface area contributed by atoms with Crippen LogP contribution in [0, 0.1) is 17.7 Å². The molecule has 2 heterocycles. The molecule has 2 bridgehead atoms. The molecule has 0 unspecified atom stereocenters. The van der Waals surface area contributed by atoms with Crippen molar-refractivity contribution in [3.63, 3.8) is 0 Å². The molecule has 0 spiro atoms. The van der Waals surface area contributed by atoms with E-state index in [0.717, 1.165) is 12.8 Å². The van der Waals surface area contributed by atoms with Crippen molar-refractivity contribution in [2.45, 2.75) is 56.3 Å². The topological polar surface area (TPSA) is 148 Å². The highest BCUT2D eigenvalue weighted by Crippen LogP contribution is 2.43. The molecule has 0 radical (unpaired) electrons. The summed E-state index contributed by atoms with van der Waals surface area (Å²) in [5.74, 6) is -2.60. The van der Waals surface area contributed by atoms with E-state index in [0.29, 0.717) is 24.9 Å². The number of halogens is 1. The highest BCUT2D eigenvalue weighted by atomic mass is 19.1. The molecule has 6 atom stereocenters. The lowest BCUT2D eigenvalue weighted by Crippen LogP contribution is -2.58. The highest BCUT2D eigenvalue weighted by molar-refractivity contribution is 5.94. The van der Waals surface area contributed by atoms with Crippen LogP contribution in [-0.2, 0) is 19.2 Å². The fourth-order valence-electron chi connectivity index (χ4n) is 5.27. The molecule has 2 aliphatic heterocycles. The van der Waals surface area contributed by atoms with Crippen molar-refractivity contribution < 1.29 is 23.6 Å². The summed E-state index contributed by atoms with van der Waals surface area (Å²) in [5, 5.41) is 5.39. The number of hydrogen-bond acceptors (Lipinski definition) is 5. The van der Waals surface area contributed by atoms with Gasteiger partial charge in [0, 0.05) is 18.5 Å². The zero-order valence-electron chi connectivity index (χ0n) is 17.6. The van der Waals surface area contributed by atoms with Gasteiger partial charge in [0.25, 0.3) is 0 Å². The van der Waals surface area contributed by atoms with Crippen LogP contribution in [0.3, 0.4) is 0 Å². The van der Waals surface area contributed by atoms with Crippen molar-refractivity contribution in [1.82, 2.24) is 15.5 Å². The van der Waals surface area contributed by atoms with Crippen LogP contribution in [0.25, 0.3) is 0 Å². The maximum Gasteiger partial charge on any atom is 0.245 e. The van der Waals surface area contributed by atoms with Crippen LogP contribution >= 0.6 is 0 Å². The summed E-state index contributed by atoms with van der Waals surface area (Å²) >= 11 is 0. The summed E-state index contributed by atoms with van der Waals surface area (Å²) < 4.78 is 13.2. The predicted molar refractivity (Wildman–Crippen MR) is 112 cm³/mol. The Hall–Kier alpha value is -3.01. The molecule has 3 fully saturated rings. The third kappa shape index (κ3) is 4.19. The number of carbonyl (C=O) groups excluding carboxylic acids is 4. The average Bonchev–Trinajstić information content (AvgIpc) is 3.49. The number of fused-ring (bicyclic) bond motifs is 2. The molecule has 4 rings (SSSR count). The van der Waals surface area contributed by atoms with Gasteiger partial charge in [0.2, 0.25) is 23.6 Å². The first-order chi connectivity index (χ1) is 15.3. The zero-order valence-corrected chi connectivity index (χ0v) is 17.6. The molecule has 6 N–H and O–H groups in total. The molecular formula is C22H28FN5O4. The van der Waals surface area contributed by atoms with Crippen LogP contribution in [0.1, 0.15) is 43.7 Å². The molecule has 10 heteroatoms. The van der Waals surface area contributed by atoms with Crippen molar-refractivity contribution in [3.05, 3.63) is 35.6 Å². The molecule has 1 saturated carbocycles. The first-order valence-corrected chi connectivity index (χ1v) is 11.0. The van der Waals surface area contributed by atoms with E-state index in [1.807, 2.05) is 0 Å². The number of benzene rings is 1. The molecule has 32 heavy (non-hydrogen) atoms. The van der Waals surface area contributed by atoms with Crippen molar-refractivity contribution in [1.29, 1.82) is 0 Å². The molecule has 172 valence electrons. The van der Waals surface area contributed by atoms with Crippen LogP contribution < -0.4 is 22.1 Å². The van der Waals surface area contributed by atoms with Crippen molar-refractivity contribution >= 4 is 23.6 Å². The van der Waals surface area contributed by atoms with E-state index in [-0.39, 0.29) is 24.3 Å². The SMILES string of the molecule is NC(=O)[C@H](C[C@@H]1CCNC1=O)NC(=O)[C@@H]1[C@H]2CC[C@H](C2)N1C(=O)[C@@H](N)c1ccc(F)cc1. The number of hydrogen-bond donors (Lipinski definition) is 4. The second-order valence-electron chi connectivity index (χ2n) is 8.92. The van der Waals surface area contributed by atoms with Gasteiger partial charge in [0.1, 0.15) is 23.9 Å². The minimum Gasteiger partial charge on any atom is -0.368 e. The Morgan fingerprint density at radius 3 is 2.53 bits per heavy atom. The summed E-state index contributed by atoms with van der Waals surface area (Å²) in [6.45, 7) is 0.527. The second-order valence-corrected chi connectivity index (χ2v) is 8.92. The summed E-state index contributed by atoms with van der Waals surface area (Å²) in [6.07, 6.45) is 2.95. The van der Waals surface area contributed by atoms with Crippen molar-refractivity contribution in [2.75, 3.05) is 6.54 Å².